The molecule has 0 aromatic rings. The Bertz CT molecular complexity index is 304. The third kappa shape index (κ3) is 3.00. The van der Waals surface area contributed by atoms with Crippen LogP contribution in [-0.2, 0) is 14.3 Å². The van der Waals surface area contributed by atoms with E-state index in [1.807, 2.05) is 0 Å². The van der Waals surface area contributed by atoms with E-state index in [1.165, 1.54) is 14.2 Å². The van der Waals surface area contributed by atoms with Crippen LogP contribution < -0.4 is 10.6 Å². The maximum absolute atomic E-state index is 12.0. The van der Waals surface area contributed by atoms with E-state index in [1.54, 1.807) is 0 Å². The van der Waals surface area contributed by atoms with Gasteiger partial charge in [0.2, 0.25) is 0 Å². The van der Waals surface area contributed by atoms with Crippen LogP contribution in [0, 0.1) is 0 Å². The smallest absolute Gasteiger partial charge is 0.322 e. The van der Waals surface area contributed by atoms with Gasteiger partial charge in [-0.05, 0) is 6.42 Å². The molecule has 0 aromatic heterocycles. The van der Waals surface area contributed by atoms with E-state index in [-0.39, 0.29) is 5.91 Å². The lowest BCUT2D eigenvalue weighted by atomic mass is 9.91. The van der Waals surface area contributed by atoms with Crippen molar-refractivity contribution in [2.75, 3.05) is 14.2 Å². The van der Waals surface area contributed by atoms with E-state index in [4.69, 9.17) is 9.47 Å². The number of nitrogens with one attached hydrogen (secondary N) is 2. The van der Waals surface area contributed by atoms with Gasteiger partial charge in [0.25, 0.3) is 5.91 Å². The molecule has 1 aliphatic heterocycles. The van der Waals surface area contributed by atoms with Crippen LogP contribution in [0.15, 0.2) is 0 Å². The Morgan fingerprint density at radius 2 is 1.83 bits per heavy atom. The van der Waals surface area contributed by atoms with Crippen molar-refractivity contribution in [1.29, 1.82) is 0 Å². The molecule has 0 bridgehead atoms. The lowest BCUT2D eigenvalue weighted by Gasteiger charge is -2.32. The molecule has 18 heavy (non-hydrogen) atoms. The third-order valence-electron chi connectivity index (χ3n) is 3.22. The van der Waals surface area contributed by atoms with Gasteiger partial charge in [-0.25, -0.2) is 4.79 Å². The van der Waals surface area contributed by atoms with Gasteiger partial charge in [0.15, 0.2) is 11.8 Å². The second-order valence-corrected chi connectivity index (χ2v) is 4.49. The Morgan fingerprint density at radius 1 is 1.17 bits per heavy atom. The van der Waals surface area contributed by atoms with Crippen LogP contribution in [0.25, 0.3) is 0 Å². The van der Waals surface area contributed by atoms with E-state index >= 15 is 0 Å². The number of methoxy groups -OCH3 is 2. The number of carbonyl (C=O) groups is 2. The lowest BCUT2D eigenvalue weighted by Crippen LogP contribution is -2.57. The third-order valence-corrected chi connectivity index (χ3v) is 3.22. The predicted molar refractivity (Wildman–Crippen MR) is 66.0 cm³/mol. The maximum atomic E-state index is 12.0. The van der Waals surface area contributed by atoms with E-state index < -0.39 is 17.9 Å². The highest BCUT2D eigenvalue weighted by Crippen LogP contribution is 2.26. The SMILES string of the molecule is CCCCCC[C@@]1(C(OC)OC)NC(=O)NC1=O. The zero-order valence-corrected chi connectivity index (χ0v) is 11.2. The fraction of sp³-hybridized carbons (Fsp3) is 0.833. The van der Waals surface area contributed by atoms with E-state index in [2.05, 4.69) is 17.6 Å². The Hall–Kier alpha value is -1.14. The van der Waals surface area contributed by atoms with Crippen LogP contribution in [0.1, 0.15) is 39.0 Å². The number of unbranched alkanes of at least 4 members (excludes halogenated alkanes) is 3. The minimum absolute atomic E-state index is 0.377. The van der Waals surface area contributed by atoms with Crippen molar-refractivity contribution < 1.29 is 19.1 Å². The molecule has 0 unspecified atom stereocenters. The molecule has 6 nitrogen and oxygen atoms in total. The molecule has 1 rings (SSSR count). The average Bonchev–Trinajstić information content (AvgIpc) is 2.62. The number of hydrogen-bond donors (Lipinski definition) is 2. The molecule has 0 saturated carbocycles. The highest BCUT2D eigenvalue weighted by atomic mass is 16.7. The van der Waals surface area contributed by atoms with Gasteiger partial charge in [-0.15, -0.1) is 0 Å². The Kier molecular flexibility index (Phi) is 5.55. The predicted octanol–water partition coefficient (Wildman–Crippen LogP) is 1.15. The van der Waals surface area contributed by atoms with Gasteiger partial charge in [-0.3, -0.25) is 10.1 Å². The number of rotatable bonds is 8. The van der Waals surface area contributed by atoms with Crippen LogP contribution in [0.3, 0.4) is 0 Å². The van der Waals surface area contributed by atoms with Gasteiger partial charge < -0.3 is 14.8 Å². The zero-order valence-electron chi connectivity index (χ0n) is 11.2. The van der Waals surface area contributed by atoms with Gasteiger partial charge in [0.05, 0.1) is 0 Å². The first kappa shape index (κ1) is 14.9. The quantitative estimate of drug-likeness (QED) is 0.389. The Labute approximate surface area is 107 Å². The second kappa shape index (κ2) is 6.70. The summed E-state index contributed by atoms with van der Waals surface area (Å²) in [5.74, 6) is -0.377. The average molecular weight is 258 g/mol. The molecule has 0 radical (unpaired) electrons. The molecule has 1 fully saturated rings. The van der Waals surface area contributed by atoms with E-state index in [9.17, 15) is 9.59 Å². The number of imide groups is 1. The minimum Gasteiger partial charge on any atom is -0.353 e. The van der Waals surface area contributed by atoms with Crippen molar-refractivity contribution >= 4 is 11.9 Å². The number of hydrogen-bond acceptors (Lipinski definition) is 4. The van der Waals surface area contributed by atoms with Crippen LogP contribution >= 0.6 is 0 Å². The summed E-state index contributed by atoms with van der Waals surface area (Å²) >= 11 is 0. The van der Waals surface area contributed by atoms with Crippen LogP contribution in [-0.4, -0.2) is 38.0 Å². The fourth-order valence-electron chi connectivity index (χ4n) is 2.29. The zero-order chi connectivity index (χ0) is 13.6. The number of amides is 3. The van der Waals surface area contributed by atoms with Crippen molar-refractivity contribution in [2.45, 2.75) is 50.9 Å². The highest BCUT2D eigenvalue weighted by Gasteiger charge is 2.52. The molecule has 1 heterocycles. The summed E-state index contributed by atoms with van der Waals surface area (Å²) < 4.78 is 10.3. The highest BCUT2D eigenvalue weighted by molar-refractivity contribution is 6.07. The summed E-state index contributed by atoms with van der Waals surface area (Å²) in [4.78, 5) is 23.3. The number of carbonyl (C=O) groups excluding carboxylic acids is 2. The molecular formula is C12H22N2O4. The molecule has 6 heteroatoms. The summed E-state index contributed by atoms with van der Waals surface area (Å²) in [6, 6.07) is -0.491. The van der Waals surface area contributed by atoms with E-state index in [0.29, 0.717) is 6.42 Å². The normalized spacial score (nSPS) is 23.3. The standard InChI is InChI=1S/C12H22N2O4/c1-4-5-6-7-8-12(10(17-2)18-3)9(15)13-11(16)14-12/h10H,4-8H2,1-3H3,(H2,13,14,15,16)/t12-/m1/s1. The van der Waals surface area contributed by atoms with Crippen LogP contribution in [0.5, 0.6) is 0 Å². The molecule has 0 aromatic carbocycles. The number of ether oxygens (including phenoxy) is 2. The van der Waals surface area contributed by atoms with Gasteiger partial charge in [-0.2, -0.15) is 0 Å². The molecule has 104 valence electrons. The summed E-state index contributed by atoms with van der Waals surface area (Å²) in [5.41, 5.74) is -1.10. The van der Waals surface area contributed by atoms with Crippen molar-refractivity contribution in [3.63, 3.8) is 0 Å². The van der Waals surface area contributed by atoms with Crippen molar-refractivity contribution in [2.24, 2.45) is 0 Å². The van der Waals surface area contributed by atoms with Crippen molar-refractivity contribution in [3.05, 3.63) is 0 Å². The van der Waals surface area contributed by atoms with Crippen LogP contribution in [0.4, 0.5) is 4.79 Å². The second-order valence-electron chi connectivity index (χ2n) is 4.49. The van der Waals surface area contributed by atoms with E-state index in [0.717, 1.165) is 25.7 Å². The minimum atomic E-state index is -1.10. The topological polar surface area (TPSA) is 76.7 Å². The van der Waals surface area contributed by atoms with Gasteiger partial charge in [-0.1, -0.05) is 32.6 Å². The first-order valence-electron chi connectivity index (χ1n) is 6.30. The van der Waals surface area contributed by atoms with Gasteiger partial charge in [0, 0.05) is 14.2 Å². The Morgan fingerprint density at radius 3 is 2.28 bits per heavy atom. The lowest BCUT2D eigenvalue weighted by molar-refractivity contribution is -0.165. The summed E-state index contributed by atoms with van der Waals surface area (Å²) in [6.07, 6.45) is 3.81. The largest absolute Gasteiger partial charge is 0.353 e. The van der Waals surface area contributed by atoms with Crippen molar-refractivity contribution in [1.82, 2.24) is 10.6 Å². The molecule has 1 aliphatic rings. The maximum Gasteiger partial charge on any atom is 0.322 e. The van der Waals surface area contributed by atoms with Gasteiger partial charge >= 0.3 is 6.03 Å². The first-order valence-corrected chi connectivity index (χ1v) is 6.30. The Balaban J connectivity index is 2.75. The molecular weight excluding hydrogens is 236 g/mol. The van der Waals surface area contributed by atoms with Gasteiger partial charge in [0.1, 0.15) is 0 Å². The number of urea groups is 1. The summed E-state index contributed by atoms with van der Waals surface area (Å²) in [5, 5.41) is 4.90. The molecule has 2 N–H and O–H groups in total. The first-order chi connectivity index (χ1) is 8.60. The molecule has 0 aliphatic carbocycles. The van der Waals surface area contributed by atoms with Crippen molar-refractivity contribution in [3.8, 4) is 0 Å². The summed E-state index contributed by atoms with van der Waals surface area (Å²) in [7, 11) is 2.92. The fourth-order valence-corrected chi connectivity index (χ4v) is 2.29. The molecule has 3 amide bonds. The monoisotopic (exact) mass is 258 g/mol. The molecule has 0 spiro atoms. The van der Waals surface area contributed by atoms with Crippen LogP contribution in [0.2, 0.25) is 0 Å². The molecule has 1 atom stereocenters. The summed E-state index contributed by atoms with van der Waals surface area (Å²) in [6.45, 7) is 2.12. The molecule has 1 saturated heterocycles.